The maximum atomic E-state index is 9.26. The number of aromatic nitrogens is 2. The molecule has 0 saturated carbocycles. The van der Waals surface area contributed by atoms with E-state index in [9.17, 15) is 5.11 Å². The Hall–Kier alpha value is -1.81. The first-order valence-corrected chi connectivity index (χ1v) is 5.83. The standard InChI is InChI=1S/C13H15N3O/c1-14-12-7-2-9-8-16(15-13(9)12)10-3-5-11(17)6-4-10/h3-6,8,12,14,17H,2,7H2,1H3. The van der Waals surface area contributed by atoms with Crippen LogP contribution in [0.3, 0.4) is 0 Å². The van der Waals surface area contributed by atoms with Crippen molar-refractivity contribution in [2.24, 2.45) is 0 Å². The zero-order valence-electron chi connectivity index (χ0n) is 9.72. The molecule has 88 valence electrons. The second-order valence-electron chi connectivity index (χ2n) is 4.38. The molecule has 0 fully saturated rings. The van der Waals surface area contributed by atoms with Gasteiger partial charge >= 0.3 is 0 Å². The Kier molecular flexibility index (Phi) is 2.37. The van der Waals surface area contributed by atoms with Crippen molar-refractivity contribution in [2.45, 2.75) is 18.9 Å². The largest absolute Gasteiger partial charge is 0.508 e. The number of benzene rings is 1. The van der Waals surface area contributed by atoms with Gasteiger partial charge in [-0.2, -0.15) is 5.10 Å². The van der Waals surface area contributed by atoms with Crippen molar-refractivity contribution in [3.05, 3.63) is 41.7 Å². The molecule has 0 bridgehead atoms. The summed E-state index contributed by atoms with van der Waals surface area (Å²) in [6.45, 7) is 0. The zero-order valence-corrected chi connectivity index (χ0v) is 9.72. The minimum atomic E-state index is 0.279. The molecule has 0 saturated heterocycles. The average Bonchev–Trinajstić information content (AvgIpc) is 2.89. The Morgan fingerprint density at radius 1 is 1.35 bits per heavy atom. The number of phenols is 1. The lowest BCUT2D eigenvalue weighted by Crippen LogP contribution is -2.14. The number of aromatic hydroxyl groups is 1. The van der Waals surface area contributed by atoms with E-state index < -0.39 is 0 Å². The monoisotopic (exact) mass is 229 g/mol. The van der Waals surface area contributed by atoms with Gasteiger partial charge in [0.15, 0.2) is 0 Å². The number of hydrogen-bond donors (Lipinski definition) is 2. The summed E-state index contributed by atoms with van der Waals surface area (Å²) >= 11 is 0. The van der Waals surface area contributed by atoms with Crippen molar-refractivity contribution in [1.82, 2.24) is 15.1 Å². The van der Waals surface area contributed by atoms with Crippen molar-refractivity contribution >= 4 is 0 Å². The summed E-state index contributed by atoms with van der Waals surface area (Å²) in [7, 11) is 1.97. The molecule has 2 N–H and O–H groups in total. The van der Waals surface area contributed by atoms with E-state index in [-0.39, 0.29) is 5.75 Å². The van der Waals surface area contributed by atoms with Crippen molar-refractivity contribution in [1.29, 1.82) is 0 Å². The highest BCUT2D eigenvalue weighted by atomic mass is 16.3. The molecule has 1 aliphatic rings. The predicted molar refractivity (Wildman–Crippen MR) is 65.4 cm³/mol. The summed E-state index contributed by atoms with van der Waals surface area (Å²) in [5.41, 5.74) is 3.45. The minimum absolute atomic E-state index is 0.279. The van der Waals surface area contributed by atoms with Crippen LogP contribution in [0.5, 0.6) is 5.75 Å². The molecule has 0 aliphatic heterocycles. The van der Waals surface area contributed by atoms with E-state index in [1.54, 1.807) is 12.1 Å². The van der Waals surface area contributed by atoms with Gasteiger partial charge in [-0.05, 0) is 49.7 Å². The Morgan fingerprint density at radius 3 is 2.82 bits per heavy atom. The zero-order chi connectivity index (χ0) is 11.8. The van der Waals surface area contributed by atoms with Crippen LogP contribution in [0.15, 0.2) is 30.5 Å². The number of nitrogens with one attached hydrogen (secondary N) is 1. The van der Waals surface area contributed by atoms with Gasteiger partial charge in [0, 0.05) is 6.20 Å². The first-order valence-electron chi connectivity index (χ1n) is 5.83. The fourth-order valence-corrected chi connectivity index (χ4v) is 2.36. The van der Waals surface area contributed by atoms with E-state index in [2.05, 4.69) is 16.6 Å². The number of phenolic OH excluding ortho intramolecular Hbond substituents is 1. The third-order valence-electron chi connectivity index (χ3n) is 3.32. The van der Waals surface area contributed by atoms with E-state index >= 15 is 0 Å². The van der Waals surface area contributed by atoms with Crippen LogP contribution in [0.2, 0.25) is 0 Å². The second-order valence-corrected chi connectivity index (χ2v) is 4.38. The maximum Gasteiger partial charge on any atom is 0.115 e. The summed E-state index contributed by atoms with van der Waals surface area (Å²) < 4.78 is 1.88. The highest BCUT2D eigenvalue weighted by Crippen LogP contribution is 2.30. The number of aryl methyl sites for hydroxylation is 1. The molecule has 1 aliphatic carbocycles. The predicted octanol–water partition coefficient (Wildman–Crippen LogP) is 1.78. The van der Waals surface area contributed by atoms with E-state index in [0.717, 1.165) is 24.2 Å². The summed E-state index contributed by atoms with van der Waals surface area (Å²) in [5, 5.41) is 17.2. The van der Waals surface area contributed by atoms with Gasteiger partial charge in [-0.15, -0.1) is 0 Å². The van der Waals surface area contributed by atoms with Crippen LogP contribution in [-0.4, -0.2) is 21.9 Å². The van der Waals surface area contributed by atoms with E-state index in [4.69, 9.17) is 0 Å². The first-order chi connectivity index (χ1) is 8.28. The number of fused-ring (bicyclic) bond motifs is 1. The first kappa shape index (κ1) is 10.4. The molecule has 1 aromatic heterocycles. The molecule has 0 spiro atoms. The minimum Gasteiger partial charge on any atom is -0.508 e. The molecule has 4 nitrogen and oxygen atoms in total. The molecule has 0 radical (unpaired) electrons. The van der Waals surface area contributed by atoms with Crippen LogP contribution < -0.4 is 5.32 Å². The van der Waals surface area contributed by atoms with Crippen LogP contribution >= 0.6 is 0 Å². The number of rotatable bonds is 2. The van der Waals surface area contributed by atoms with Gasteiger partial charge in [0.2, 0.25) is 0 Å². The summed E-state index contributed by atoms with van der Waals surface area (Å²) in [4.78, 5) is 0. The SMILES string of the molecule is CNC1CCc2cn(-c3ccc(O)cc3)nc21. The van der Waals surface area contributed by atoms with E-state index in [0.29, 0.717) is 6.04 Å². The molecule has 4 heteroatoms. The molecule has 3 rings (SSSR count). The summed E-state index contributed by atoms with van der Waals surface area (Å²) in [6, 6.07) is 7.47. The lowest BCUT2D eigenvalue weighted by atomic mass is 10.2. The third-order valence-corrected chi connectivity index (χ3v) is 3.32. The molecular formula is C13H15N3O. The smallest absolute Gasteiger partial charge is 0.115 e. The molecule has 1 unspecified atom stereocenters. The third kappa shape index (κ3) is 1.70. The van der Waals surface area contributed by atoms with Gasteiger partial charge in [-0.1, -0.05) is 0 Å². The molecule has 1 heterocycles. The van der Waals surface area contributed by atoms with Crippen molar-refractivity contribution < 1.29 is 5.11 Å². The Bertz CT molecular complexity index is 530. The van der Waals surface area contributed by atoms with Crippen LogP contribution in [0.4, 0.5) is 0 Å². The Morgan fingerprint density at radius 2 is 2.12 bits per heavy atom. The maximum absolute atomic E-state index is 9.26. The normalized spacial score (nSPS) is 18.3. The molecule has 1 atom stereocenters. The van der Waals surface area contributed by atoms with Crippen molar-refractivity contribution in [3.8, 4) is 11.4 Å². The topological polar surface area (TPSA) is 50.1 Å². The highest BCUT2D eigenvalue weighted by Gasteiger charge is 2.24. The highest BCUT2D eigenvalue weighted by molar-refractivity contribution is 5.38. The van der Waals surface area contributed by atoms with Crippen LogP contribution in [0.1, 0.15) is 23.7 Å². The van der Waals surface area contributed by atoms with Gasteiger partial charge in [-0.25, -0.2) is 4.68 Å². The van der Waals surface area contributed by atoms with Crippen LogP contribution in [0.25, 0.3) is 5.69 Å². The fourth-order valence-electron chi connectivity index (χ4n) is 2.36. The quantitative estimate of drug-likeness (QED) is 0.825. The fraction of sp³-hybridized carbons (Fsp3) is 0.308. The molecule has 2 aromatic rings. The van der Waals surface area contributed by atoms with Crippen LogP contribution in [-0.2, 0) is 6.42 Å². The molecule has 1 aromatic carbocycles. The number of hydrogen-bond acceptors (Lipinski definition) is 3. The van der Waals surface area contributed by atoms with E-state index in [1.165, 1.54) is 5.56 Å². The summed E-state index contributed by atoms with van der Waals surface area (Å²) in [5.74, 6) is 0.279. The Labute approximate surface area is 99.9 Å². The number of nitrogens with zero attached hydrogens (tertiary/aromatic N) is 2. The van der Waals surface area contributed by atoms with Crippen molar-refractivity contribution in [3.63, 3.8) is 0 Å². The van der Waals surface area contributed by atoms with Gasteiger partial charge < -0.3 is 10.4 Å². The van der Waals surface area contributed by atoms with Gasteiger partial charge in [0.1, 0.15) is 5.75 Å². The molecular weight excluding hydrogens is 214 g/mol. The van der Waals surface area contributed by atoms with Gasteiger partial charge in [0.25, 0.3) is 0 Å². The lowest BCUT2D eigenvalue weighted by Gasteiger charge is -2.07. The van der Waals surface area contributed by atoms with Crippen molar-refractivity contribution in [2.75, 3.05) is 7.05 Å². The second kappa shape index (κ2) is 3.89. The lowest BCUT2D eigenvalue weighted by molar-refractivity contribution is 0.475. The molecule has 17 heavy (non-hydrogen) atoms. The van der Waals surface area contributed by atoms with E-state index in [1.807, 2.05) is 23.9 Å². The molecule has 0 amide bonds. The Balaban J connectivity index is 1.98. The average molecular weight is 229 g/mol. The van der Waals surface area contributed by atoms with Gasteiger partial charge in [0.05, 0.1) is 17.4 Å². The van der Waals surface area contributed by atoms with Crippen LogP contribution in [0, 0.1) is 0 Å². The summed E-state index contributed by atoms with van der Waals surface area (Å²) in [6.07, 6.45) is 4.29. The van der Waals surface area contributed by atoms with Gasteiger partial charge in [-0.3, -0.25) is 0 Å².